The zero-order valence-electron chi connectivity index (χ0n) is 15.3. The van der Waals surface area contributed by atoms with Crippen molar-refractivity contribution in [1.82, 2.24) is 0 Å². The van der Waals surface area contributed by atoms with Crippen LogP contribution in [0.2, 0.25) is 5.02 Å². The molecule has 7 nitrogen and oxygen atoms in total. The van der Waals surface area contributed by atoms with Gasteiger partial charge in [-0.05, 0) is 48.9 Å². The van der Waals surface area contributed by atoms with Crippen LogP contribution in [0.15, 0.2) is 36.4 Å². The zero-order chi connectivity index (χ0) is 20.2. The van der Waals surface area contributed by atoms with Gasteiger partial charge in [-0.15, -0.1) is 0 Å². The highest BCUT2D eigenvalue weighted by Gasteiger charge is 2.42. The Morgan fingerprint density at radius 2 is 1.89 bits per heavy atom. The molecule has 1 aliphatic heterocycles. The first-order chi connectivity index (χ1) is 13.3. The third-order valence-corrected chi connectivity index (χ3v) is 6.21. The maximum absolute atomic E-state index is 11.7. The maximum Gasteiger partial charge on any atom is 0.292 e. The monoisotopic (exact) mass is 399 g/mol. The van der Waals surface area contributed by atoms with Crippen LogP contribution < -0.4 is 5.32 Å². The summed E-state index contributed by atoms with van der Waals surface area (Å²) in [6.07, 6.45) is 4.92. The molecule has 8 heteroatoms. The summed E-state index contributed by atoms with van der Waals surface area (Å²) in [5, 5.41) is 26.7. The molecule has 0 fully saturated rings. The molecule has 1 aliphatic carbocycles. The number of benzene rings is 2. The standard InChI is InChI=1S/C20H18ClN3O4/c1-10-8-17(24(27)28)20-18(11(10)2)13-4-3-5-14(13)19(22-20)15-9-12(23(25)26)6-7-16(15)21/h3-4,6-9,13-14,19,22H,5H2,1-2H3/t13-,14+,19?/m1/s1. The van der Waals surface area contributed by atoms with Crippen molar-refractivity contribution in [3.63, 3.8) is 0 Å². The van der Waals surface area contributed by atoms with Gasteiger partial charge in [0.05, 0.1) is 15.9 Å². The minimum absolute atomic E-state index is 0.00446. The summed E-state index contributed by atoms with van der Waals surface area (Å²) in [6.45, 7) is 3.85. The first kappa shape index (κ1) is 18.4. The predicted octanol–water partition coefficient (Wildman–Crippen LogP) is 5.60. The number of anilines is 1. The number of fused-ring (bicyclic) bond motifs is 3. The molecule has 0 aromatic heterocycles. The van der Waals surface area contributed by atoms with Crippen LogP contribution in [0.5, 0.6) is 0 Å². The van der Waals surface area contributed by atoms with Crippen molar-refractivity contribution in [2.24, 2.45) is 5.92 Å². The van der Waals surface area contributed by atoms with Crippen molar-refractivity contribution >= 4 is 28.7 Å². The topological polar surface area (TPSA) is 98.3 Å². The van der Waals surface area contributed by atoms with Crippen LogP contribution in [0.1, 0.15) is 40.6 Å². The largest absolute Gasteiger partial charge is 0.372 e. The van der Waals surface area contributed by atoms with Gasteiger partial charge >= 0.3 is 0 Å². The first-order valence-corrected chi connectivity index (χ1v) is 9.33. The van der Waals surface area contributed by atoms with E-state index in [9.17, 15) is 20.2 Å². The van der Waals surface area contributed by atoms with Crippen LogP contribution in [0, 0.1) is 40.0 Å². The molecule has 1 unspecified atom stereocenters. The fourth-order valence-corrected chi connectivity index (χ4v) is 4.65. The predicted molar refractivity (Wildman–Crippen MR) is 107 cm³/mol. The van der Waals surface area contributed by atoms with Crippen molar-refractivity contribution in [3.05, 3.63) is 83.9 Å². The fraction of sp³-hybridized carbons (Fsp3) is 0.300. The Morgan fingerprint density at radius 3 is 2.57 bits per heavy atom. The van der Waals surface area contributed by atoms with Crippen molar-refractivity contribution < 1.29 is 9.85 Å². The molecule has 0 spiro atoms. The highest BCUT2D eigenvalue weighted by molar-refractivity contribution is 6.31. The molecule has 2 aromatic rings. The fourth-order valence-electron chi connectivity index (χ4n) is 4.42. The summed E-state index contributed by atoms with van der Waals surface area (Å²) >= 11 is 6.39. The number of hydrogen-bond donors (Lipinski definition) is 1. The van der Waals surface area contributed by atoms with Gasteiger partial charge < -0.3 is 5.32 Å². The second-order valence-electron chi connectivity index (χ2n) is 7.32. The summed E-state index contributed by atoms with van der Waals surface area (Å²) in [7, 11) is 0. The van der Waals surface area contributed by atoms with E-state index in [2.05, 4.69) is 17.5 Å². The van der Waals surface area contributed by atoms with Crippen LogP contribution in [0.25, 0.3) is 0 Å². The van der Waals surface area contributed by atoms with E-state index in [1.165, 1.54) is 18.2 Å². The molecule has 2 aliphatic rings. The van der Waals surface area contributed by atoms with E-state index in [1.54, 1.807) is 6.07 Å². The second-order valence-corrected chi connectivity index (χ2v) is 7.73. The Kier molecular flexibility index (Phi) is 4.34. The quantitative estimate of drug-likeness (QED) is 0.411. The maximum atomic E-state index is 11.7. The number of rotatable bonds is 3. The van der Waals surface area contributed by atoms with Gasteiger partial charge in [-0.1, -0.05) is 23.8 Å². The van der Waals surface area contributed by atoms with Gasteiger partial charge in [-0.25, -0.2) is 0 Å². The van der Waals surface area contributed by atoms with Crippen molar-refractivity contribution in [3.8, 4) is 0 Å². The third-order valence-electron chi connectivity index (χ3n) is 5.87. The minimum Gasteiger partial charge on any atom is -0.372 e. The van der Waals surface area contributed by atoms with Crippen molar-refractivity contribution in [2.75, 3.05) is 5.32 Å². The highest BCUT2D eigenvalue weighted by atomic mass is 35.5. The van der Waals surface area contributed by atoms with E-state index in [-0.39, 0.29) is 34.2 Å². The number of non-ortho nitro benzene ring substituents is 1. The number of allylic oxidation sites excluding steroid dienone is 2. The minimum atomic E-state index is -0.461. The molecule has 4 rings (SSSR count). The molecule has 1 heterocycles. The Morgan fingerprint density at radius 1 is 1.14 bits per heavy atom. The summed E-state index contributed by atoms with van der Waals surface area (Å²) in [6, 6.07) is 5.56. The van der Waals surface area contributed by atoms with Crippen LogP contribution in [-0.4, -0.2) is 9.85 Å². The molecule has 0 bridgehead atoms. The highest BCUT2D eigenvalue weighted by Crippen LogP contribution is 2.54. The molecule has 1 N–H and O–H groups in total. The van der Waals surface area contributed by atoms with Gasteiger partial charge in [0.15, 0.2) is 0 Å². The van der Waals surface area contributed by atoms with E-state index in [0.717, 1.165) is 23.1 Å². The molecular formula is C20H18ClN3O4. The number of nitrogens with one attached hydrogen (secondary N) is 1. The molecule has 0 amide bonds. The first-order valence-electron chi connectivity index (χ1n) is 8.95. The Labute approximate surface area is 166 Å². The number of hydrogen-bond acceptors (Lipinski definition) is 5. The number of nitro benzene ring substituents is 2. The van der Waals surface area contributed by atoms with E-state index in [4.69, 9.17) is 11.6 Å². The van der Waals surface area contributed by atoms with Gasteiger partial charge in [-0.3, -0.25) is 20.2 Å². The zero-order valence-corrected chi connectivity index (χ0v) is 16.1. The van der Waals surface area contributed by atoms with E-state index >= 15 is 0 Å². The number of nitro groups is 2. The average Bonchev–Trinajstić information content (AvgIpc) is 3.13. The van der Waals surface area contributed by atoms with E-state index in [1.807, 2.05) is 13.8 Å². The number of halogens is 1. The van der Waals surface area contributed by atoms with Gasteiger partial charge in [0.25, 0.3) is 11.4 Å². The molecule has 0 saturated heterocycles. The number of aryl methyl sites for hydroxylation is 1. The van der Waals surface area contributed by atoms with Gasteiger partial charge in [-0.2, -0.15) is 0 Å². The summed E-state index contributed by atoms with van der Waals surface area (Å²) < 4.78 is 0. The number of nitrogens with zero attached hydrogens (tertiary/aromatic N) is 2. The molecule has 0 saturated carbocycles. The average molecular weight is 400 g/mol. The van der Waals surface area contributed by atoms with Crippen LogP contribution in [0.3, 0.4) is 0 Å². The van der Waals surface area contributed by atoms with Gasteiger partial charge in [0, 0.05) is 34.7 Å². The summed E-state index contributed by atoms with van der Waals surface area (Å²) in [5.41, 5.74) is 3.87. The van der Waals surface area contributed by atoms with E-state index < -0.39 is 4.92 Å². The lowest BCUT2D eigenvalue weighted by molar-refractivity contribution is -0.384. The Hall–Kier alpha value is -2.93. The molecule has 144 valence electrons. The van der Waals surface area contributed by atoms with Gasteiger partial charge in [0.1, 0.15) is 5.69 Å². The molecule has 3 atom stereocenters. The van der Waals surface area contributed by atoms with Crippen LogP contribution in [0.4, 0.5) is 17.1 Å². The Balaban J connectivity index is 1.92. The molecule has 28 heavy (non-hydrogen) atoms. The van der Waals surface area contributed by atoms with Crippen LogP contribution in [-0.2, 0) is 0 Å². The summed E-state index contributed by atoms with van der Waals surface area (Å²) in [4.78, 5) is 22.1. The van der Waals surface area contributed by atoms with Crippen molar-refractivity contribution in [1.29, 1.82) is 0 Å². The molecular weight excluding hydrogens is 382 g/mol. The normalized spacial score (nSPS) is 22.3. The third kappa shape index (κ3) is 2.74. The van der Waals surface area contributed by atoms with Crippen molar-refractivity contribution in [2.45, 2.75) is 32.2 Å². The Bertz CT molecular complexity index is 1050. The lowest BCUT2D eigenvalue weighted by Crippen LogP contribution is -2.30. The lowest BCUT2D eigenvalue weighted by Gasteiger charge is -2.38. The molecule has 0 radical (unpaired) electrons. The van der Waals surface area contributed by atoms with E-state index in [0.29, 0.717) is 16.3 Å². The molecule has 2 aromatic carbocycles. The summed E-state index contributed by atoms with van der Waals surface area (Å²) in [5.74, 6) is 0.0716. The smallest absolute Gasteiger partial charge is 0.292 e. The van der Waals surface area contributed by atoms with Crippen LogP contribution >= 0.6 is 11.6 Å². The SMILES string of the molecule is Cc1cc([N+](=O)[O-])c2c(c1C)[C@@H]1C=CC[C@@H]1C(c1cc([N+](=O)[O-])ccc1Cl)N2. The van der Waals surface area contributed by atoms with Gasteiger partial charge in [0.2, 0.25) is 0 Å². The lowest BCUT2D eigenvalue weighted by atomic mass is 9.74. The second kappa shape index (κ2) is 6.60.